The Morgan fingerprint density at radius 1 is 1.00 bits per heavy atom. The number of rotatable bonds is 5. The quantitative estimate of drug-likeness (QED) is 0.788. The van der Waals surface area contributed by atoms with Gasteiger partial charge in [-0.2, -0.15) is 0 Å². The average molecular weight is 278 g/mol. The van der Waals surface area contributed by atoms with Gasteiger partial charge in [0.1, 0.15) is 24.0 Å². The van der Waals surface area contributed by atoms with Crippen LogP contribution in [0.5, 0.6) is 5.75 Å². The third kappa shape index (κ3) is 4.35. The molecular weight excluding hydrogens is 266 g/mol. The lowest BCUT2D eigenvalue weighted by atomic mass is 10.2. The van der Waals surface area contributed by atoms with Gasteiger partial charge in [-0.25, -0.2) is 13.6 Å². The molecule has 3 nitrogen and oxygen atoms in total. The molecule has 2 rings (SSSR count). The first-order valence-electron chi connectivity index (χ1n) is 5.92. The first-order chi connectivity index (χ1) is 9.63. The Morgan fingerprint density at radius 3 is 2.45 bits per heavy atom. The van der Waals surface area contributed by atoms with Crippen LogP contribution in [-0.4, -0.2) is 12.6 Å². The Hall–Kier alpha value is -2.43. The minimum atomic E-state index is -0.585. The minimum Gasteiger partial charge on any atom is -0.482 e. The van der Waals surface area contributed by atoms with E-state index < -0.39 is 11.8 Å². The van der Waals surface area contributed by atoms with Crippen LogP contribution in [0.2, 0.25) is 0 Å². The molecule has 0 bridgehead atoms. The highest BCUT2D eigenvalue weighted by atomic mass is 19.1. The van der Waals surface area contributed by atoms with Gasteiger partial charge in [0, 0.05) is 6.07 Å². The van der Waals surface area contributed by atoms with Crippen LogP contribution >= 0.6 is 0 Å². The average Bonchev–Trinajstić information content (AvgIpc) is 2.45. The molecule has 104 valence electrons. The molecule has 0 aliphatic heterocycles. The molecule has 0 atom stereocenters. The molecule has 2 aromatic carbocycles. The normalized spacial score (nSPS) is 10.1. The van der Waals surface area contributed by atoms with Gasteiger partial charge in [-0.05, 0) is 29.8 Å². The number of carbonyl (C=O) groups excluding carboxylic acids is 1. The van der Waals surface area contributed by atoms with Crippen molar-refractivity contribution < 1.29 is 23.0 Å². The standard InChI is InChI=1S/C15H12F2O3/c16-12-6-4-11(5-7-12)9-20-15(18)10-19-14-3-1-2-13(17)8-14/h1-8H,9-10H2. The summed E-state index contributed by atoms with van der Waals surface area (Å²) in [5, 5.41) is 0. The molecule has 0 fully saturated rings. The minimum absolute atomic E-state index is 0.0334. The van der Waals surface area contributed by atoms with Gasteiger partial charge in [-0.1, -0.05) is 18.2 Å². The van der Waals surface area contributed by atoms with Crippen molar-refractivity contribution in [2.75, 3.05) is 6.61 Å². The molecule has 0 aliphatic rings. The SMILES string of the molecule is O=C(COc1cccc(F)c1)OCc1ccc(F)cc1. The Balaban J connectivity index is 1.77. The zero-order valence-corrected chi connectivity index (χ0v) is 10.5. The van der Waals surface area contributed by atoms with Crippen LogP contribution < -0.4 is 4.74 Å². The maximum Gasteiger partial charge on any atom is 0.344 e. The second-order valence-corrected chi connectivity index (χ2v) is 4.03. The lowest BCUT2D eigenvalue weighted by Crippen LogP contribution is -2.14. The zero-order valence-electron chi connectivity index (χ0n) is 10.5. The molecule has 0 amide bonds. The highest BCUT2D eigenvalue weighted by Crippen LogP contribution is 2.12. The van der Waals surface area contributed by atoms with E-state index in [1.54, 1.807) is 0 Å². The predicted molar refractivity (Wildman–Crippen MR) is 68.1 cm³/mol. The molecule has 20 heavy (non-hydrogen) atoms. The summed E-state index contributed by atoms with van der Waals surface area (Å²) in [5.74, 6) is -1.13. The van der Waals surface area contributed by atoms with Gasteiger partial charge >= 0.3 is 5.97 Å². The summed E-state index contributed by atoms with van der Waals surface area (Å²) in [7, 11) is 0. The van der Waals surface area contributed by atoms with Crippen LogP contribution in [-0.2, 0) is 16.1 Å². The van der Waals surface area contributed by atoms with E-state index in [9.17, 15) is 13.6 Å². The highest BCUT2D eigenvalue weighted by Gasteiger charge is 2.05. The molecule has 0 saturated carbocycles. The zero-order chi connectivity index (χ0) is 14.4. The Kier molecular flexibility index (Phi) is 4.65. The first-order valence-corrected chi connectivity index (χ1v) is 5.92. The molecular formula is C15H12F2O3. The second-order valence-electron chi connectivity index (χ2n) is 4.03. The Bertz CT molecular complexity index is 582. The maximum absolute atomic E-state index is 12.9. The lowest BCUT2D eigenvalue weighted by molar-refractivity contribution is -0.147. The predicted octanol–water partition coefficient (Wildman–Crippen LogP) is 3.09. The summed E-state index contributed by atoms with van der Waals surface area (Å²) in [5.41, 5.74) is 0.672. The first kappa shape index (κ1) is 14.0. The molecule has 2 aromatic rings. The topological polar surface area (TPSA) is 35.5 Å². The van der Waals surface area contributed by atoms with E-state index in [2.05, 4.69) is 0 Å². The number of halogens is 2. The summed E-state index contributed by atoms with van der Waals surface area (Å²) >= 11 is 0. The number of hydrogen-bond acceptors (Lipinski definition) is 3. The number of hydrogen-bond donors (Lipinski definition) is 0. The maximum atomic E-state index is 12.9. The molecule has 0 N–H and O–H groups in total. The van der Waals surface area contributed by atoms with Crippen molar-refractivity contribution in [3.63, 3.8) is 0 Å². The van der Waals surface area contributed by atoms with Crippen LogP contribution in [0.15, 0.2) is 48.5 Å². The smallest absolute Gasteiger partial charge is 0.344 e. The van der Waals surface area contributed by atoms with Gasteiger partial charge < -0.3 is 9.47 Å². The van der Waals surface area contributed by atoms with Crippen molar-refractivity contribution in [1.29, 1.82) is 0 Å². The van der Waals surface area contributed by atoms with Gasteiger partial charge in [0.25, 0.3) is 0 Å². The second kappa shape index (κ2) is 6.65. The van der Waals surface area contributed by atoms with Gasteiger partial charge in [0.15, 0.2) is 6.61 Å². The number of esters is 1. The van der Waals surface area contributed by atoms with Crippen molar-refractivity contribution in [1.82, 2.24) is 0 Å². The Labute approximate surface area is 114 Å². The summed E-state index contributed by atoms with van der Waals surface area (Å²) in [6.45, 7) is -0.281. The monoisotopic (exact) mass is 278 g/mol. The van der Waals surface area contributed by atoms with Crippen LogP contribution in [0.4, 0.5) is 8.78 Å². The van der Waals surface area contributed by atoms with Crippen molar-refractivity contribution in [3.05, 3.63) is 65.7 Å². The van der Waals surface area contributed by atoms with Crippen molar-refractivity contribution in [2.24, 2.45) is 0 Å². The van der Waals surface area contributed by atoms with Crippen LogP contribution in [0.1, 0.15) is 5.56 Å². The van der Waals surface area contributed by atoms with Crippen LogP contribution in [0.3, 0.4) is 0 Å². The summed E-state index contributed by atoms with van der Waals surface area (Å²) in [6, 6.07) is 11.1. The third-order valence-electron chi connectivity index (χ3n) is 2.47. The van der Waals surface area contributed by atoms with E-state index in [4.69, 9.17) is 9.47 Å². The van der Waals surface area contributed by atoms with Crippen molar-refractivity contribution in [2.45, 2.75) is 6.61 Å². The molecule has 0 aromatic heterocycles. The van der Waals surface area contributed by atoms with E-state index in [1.165, 1.54) is 48.5 Å². The molecule has 5 heteroatoms. The summed E-state index contributed by atoms with van der Waals surface area (Å²) < 4.78 is 35.6. The largest absolute Gasteiger partial charge is 0.482 e. The van der Waals surface area contributed by atoms with Gasteiger partial charge in [0.05, 0.1) is 0 Å². The number of ether oxygens (including phenoxy) is 2. The molecule has 0 heterocycles. The van der Waals surface area contributed by atoms with E-state index in [1.807, 2.05) is 0 Å². The van der Waals surface area contributed by atoms with Gasteiger partial charge in [-0.15, -0.1) is 0 Å². The fraction of sp³-hybridized carbons (Fsp3) is 0.133. The summed E-state index contributed by atoms with van der Waals surface area (Å²) in [4.78, 5) is 11.4. The molecule has 0 spiro atoms. The lowest BCUT2D eigenvalue weighted by Gasteiger charge is -2.07. The van der Waals surface area contributed by atoms with E-state index in [0.717, 1.165) is 0 Å². The fourth-order valence-corrected chi connectivity index (χ4v) is 1.49. The van der Waals surface area contributed by atoms with Crippen molar-refractivity contribution >= 4 is 5.97 Å². The molecule has 0 saturated heterocycles. The Morgan fingerprint density at radius 2 is 1.75 bits per heavy atom. The molecule has 0 unspecified atom stereocenters. The van der Waals surface area contributed by atoms with Crippen LogP contribution in [0.25, 0.3) is 0 Å². The fourth-order valence-electron chi connectivity index (χ4n) is 1.49. The summed E-state index contributed by atoms with van der Waals surface area (Å²) in [6.07, 6.45) is 0. The van der Waals surface area contributed by atoms with E-state index >= 15 is 0 Å². The van der Waals surface area contributed by atoms with Gasteiger partial charge in [-0.3, -0.25) is 0 Å². The molecule has 0 radical (unpaired) electrons. The molecule has 0 aliphatic carbocycles. The van der Waals surface area contributed by atoms with E-state index in [0.29, 0.717) is 5.56 Å². The van der Waals surface area contributed by atoms with Crippen molar-refractivity contribution in [3.8, 4) is 5.75 Å². The van der Waals surface area contributed by atoms with Crippen LogP contribution in [0, 0.1) is 11.6 Å². The van der Waals surface area contributed by atoms with Gasteiger partial charge in [0.2, 0.25) is 0 Å². The highest BCUT2D eigenvalue weighted by molar-refractivity contribution is 5.71. The number of benzene rings is 2. The number of carbonyl (C=O) groups is 1. The van der Waals surface area contributed by atoms with E-state index in [-0.39, 0.29) is 24.8 Å². The third-order valence-corrected chi connectivity index (χ3v) is 2.47.